The molecule has 3 heteroatoms. The average molecular weight is 383 g/mol. The smallest absolute Gasteiger partial charge is 0.0787 e. The van der Waals surface area contributed by atoms with Crippen LogP contribution in [0.4, 0.5) is 0 Å². The van der Waals surface area contributed by atoms with Gasteiger partial charge in [-0.15, -0.1) is 11.6 Å². The van der Waals surface area contributed by atoms with Crippen LogP contribution in [-0.2, 0) is 0 Å². The first kappa shape index (κ1) is 26.8. The molecular formula is C21H45Cl2N. The van der Waals surface area contributed by atoms with Crippen molar-refractivity contribution in [2.24, 2.45) is 0 Å². The van der Waals surface area contributed by atoms with Gasteiger partial charge in [0.25, 0.3) is 0 Å². The third-order valence-electron chi connectivity index (χ3n) is 5.22. The van der Waals surface area contributed by atoms with Crippen LogP contribution in [0.1, 0.15) is 104 Å². The fourth-order valence-electron chi connectivity index (χ4n) is 3.66. The Hall–Kier alpha value is 0.540. The second kappa shape index (κ2) is 19.9. The Kier molecular flexibility index (Phi) is 22.1. The summed E-state index contributed by atoms with van der Waals surface area (Å²) in [6.45, 7) is 12.6. The lowest BCUT2D eigenvalue weighted by Gasteiger charge is -2.39. The Morgan fingerprint density at radius 1 is 0.500 bits per heavy atom. The van der Waals surface area contributed by atoms with Crippen LogP contribution in [0.2, 0.25) is 0 Å². The van der Waals surface area contributed by atoms with Crippen LogP contribution < -0.4 is 12.4 Å². The van der Waals surface area contributed by atoms with E-state index in [1.54, 1.807) is 0 Å². The number of hydrogen-bond acceptors (Lipinski definition) is 0. The highest BCUT2D eigenvalue weighted by Crippen LogP contribution is 2.18. The first-order valence-electron chi connectivity index (χ1n) is 10.7. The maximum Gasteiger partial charge on any atom is 0.0787 e. The van der Waals surface area contributed by atoms with Crippen molar-refractivity contribution in [1.82, 2.24) is 0 Å². The fourth-order valence-corrected chi connectivity index (χ4v) is 3.85. The second-order valence-corrected chi connectivity index (χ2v) is 7.84. The van der Waals surface area contributed by atoms with Gasteiger partial charge < -0.3 is 16.9 Å². The monoisotopic (exact) mass is 381 g/mol. The molecule has 0 atom stereocenters. The lowest BCUT2D eigenvalue weighted by Crippen LogP contribution is -3.00. The molecule has 0 N–H and O–H groups in total. The number of halogens is 2. The Morgan fingerprint density at radius 2 is 0.833 bits per heavy atom. The van der Waals surface area contributed by atoms with Crippen LogP contribution in [0.3, 0.4) is 0 Å². The highest BCUT2D eigenvalue weighted by molar-refractivity contribution is 6.17. The number of rotatable bonds is 18. The predicted octanol–water partition coefficient (Wildman–Crippen LogP) is 4.18. The number of alkyl halides is 1. The van der Waals surface area contributed by atoms with Crippen molar-refractivity contribution < 1.29 is 16.9 Å². The zero-order valence-electron chi connectivity index (χ0n) is 16.9. The second-order valence-electron chi connectivity index (χ2n) is 7.46. The van der Waals surface area contributed by atoms with Gasteiger partial charge in [-0.05, 0) is 51.4 Å². The molecule has 0 heterocycles. The van der Waals surface area contributed by atoms with Crippen molar-refractivity contribution in [3.63, 3.8) is 0 Å². The molecule has 1 nitrogen and oxygen atoms in total. The van der Waals surface area contributed by atoms with Crippen molar-refractivity contribution in [3.8, 4) is 0 Å². The zero-order valence-corrected chi connectivity index (χ0v) is 18.4. The molecule has 0 saturated heterocycles. The molecule has 0 unspecified atom stereocenters. The summed E-state index contributed by atoms with van der Waals surface area (Å²) in [5.41, 5.74) is 0. The first-order chi connectivity index (χ1) is 11.2. The maximum atomic E-state index is 5.94. The lowest BCUT2D eigenvalue weighted by molar-refractivity contribution is -0.929. The normalized spacial score (nSPS) is 11.5. The van der Waals surface area contributed by atoms with E-state index in [0.29, 0.717) is 0 Å². The van der Waals surface area contributed by atoms with Gasteiger partial charge in [0.05, 0.1) is 26.2 Å². The van der Waals surface area contributed by atoms with E-state index in [2.05, 4.69) is 20.8 Å². The van der Waals surface area contributed by atoms with E-state index >= 15 is 0 Å². The summed E-state index contributed by atoms with van der Waals surface area (Å²) >= 11 is 5.94. The third kappa shape index (κ3) is 14.8. The third-order valence-corrected chi connectivity index (χ3v) is 5.49. The molecule has 0 aromatic heterocycles. The summed E-state index contributed by atoms with van der Waals surface area (Å²) in [5, 5.41) is 0. The van der Waals surface area contributed by atoms with E-state index in [1.807, 2.05) is 0 Å². The highest BCUT2D eigenvalue weighted by Gasteiger charge is 2.25. The van der Waals surface area contributed by atoms with E-state index in [0.717, 1.165) is 5.88 Å². The summed E-state index contributed by atoms with van der Waals surface area (Å²) in [7, 11) is 0. The van der Waals surface area contributed by atoms with E-state index < -0.39 is 0 Å². The van der Waals surface area contributed by atoms with Crippen molar-refractivity contribution in [3.05, 3.63) is 0 Å². The minimum atomic E-state index is 0. The van der Waals surface area contributed by atoms with Gasteiger partial charge >= 0.3 is 0 Å². The Bertz CT molecular complexity index is 210. The molecule has 24 heavy (non-hydrogen) atoms. The van der Waals surface area contributed by atoms with Gasteiger partial charge in [0.2, 0.25) is 0 Å². The molecule has 0 aliphatic carbocycles. The molecule has 0 aromatic carbocycles. The number of quaternary nitrogens is 1. The maximum absolute atomic E-state index is 5.94. The van der Waals surface area contributed by atoms with Crippen molar-refractivity contribution in [2.75, 3.05) is 32.1 Å². The van der Waals surface area contributed by atoms with Gasteiger partial charge in [-0.1, -0.05) is 52.9 Å². The van der Waals surface area contributed by atoms with Gasteiger partial charge in [-0.2, -0.15) is 0 Å². The van der Waals surface area contributed by atoms with E-state index in [-0.39, 0.29) is 12.4 Å². The van der Waals surface area contributed by atoms with Crippen LogP contribution >= 0.6 is 11.6 Å². The van der Waals surface area contributed by atoms with Crippen molar-refractivity contribution in [2.45, 2.75) is 104 Å². The molecule has 148 valence electrons. The van der Waals surface area contributed by atoms with E-state index in [4.69, 9.17) is 11.6 Å². The lowest BCUT2D eigenvalue weighted by atomic mass is 10.1. The largest absolute Gasteiger partial charge is 1.00 e. The topological polar surface area (TPSA) is 0 Å². The minimum absolute atomic E-state index is 0. The van der Waals surface area contributed by atoms with Gasteiger partial charge in [-0.3, -0.25) is 0 Å². The number of hydrogen-bond donors (Lipinski definition) is 0. The molecule has 0 aromatic rings. The molecule has 0 rings (SSSR count). The van der Waals surface area contributed by atoms with Crippen LogP contribution in [0.15, 0.2) is 0 Å². The Labute approximate surface area is 164 Å². The van der Waals surface area contributed by atoms with Crippen molar-refractivity contribution in [1.29, 1.82) is 0 Å². The molecule has 0 spiro atoms. The van der Waals surface area contributed by atoms with Gasteiger partial charge in [0, 0.05) is 5.88 Å². The average Bonchev–Trinajstić information content (AvgIpc) is 2.56. The number of unbranched alkanes of at least 4 members (excludes halogenated alkanes) is 9. The Balaban J connectivity index is 0. The zero-order chi connectivity index (χ0) is 17.2. The molecule has 0 saturated carbocycles. The van der Waals surface area contributed by atoms with Crippen LogP contribution in [0.5, 0.6) is 0 Å². The summed E-state index contributed by atoms with van der Waals surface area (Å²) in [5.74, 6) is 0.834. The quantitative estimate of drug-likeness (QED) is 0.190. The summed E-state index contributed by atoms with van der Waals surface area (Å²) in [6, 6.07) is 0. The summed E-state index contributed by atoms with van der Waals surface area (Å²) in [4.78, 5) is 0. The minimum Gasteiger partial charge on any atom is -1.00 e. The van der Waals surface area contributed by atoms with E-state index in [9.17, 15) is 0 Å². The first-order valence-corrected chi connectivity index (χ1v) is 11.2. The van der Waals surface area contributed by atoms with Crippen LogP contribution in [0.25, 0.3) is 0 Å². The van der Waals surface area contributed by atoms with Crippen molar-refractivity contribution >= 4 is 11.6 Å². The highest BCUT2D eigenvalue weighted by atomic mass is 35.5. The molecule has 0 aliphatic rings. The SMILES string of the molecule is CCCCCC[N+](CCCCC)(CCCCCl)CCCCCC.[Cl-]. The molecule has 0 fully saturated rings. The number of nitrogens with zero attached hydrogens (tertiary/aromatic N) is 1. The van der Waals surface area contributed by atoms with Gasteiger partial charge in [0.1, 0.15) is 0 Å². The molecule has 0 bridgehead atoms. The summed E-state index contributed by atoms with van der Waals surface area (Å²) < 4.78 is 1.39. The molecule has 0 aliphatic heterocycles. The van der Waals surface area contributed by atoms with Crippen LogP contribution in [-0.4, -0.2) is 36.5 Å². The predicted molar refractivity (Wildman–Crippen MR) is 107 cm³/mol. The van der Waals surface area contributed by atoms with E-state index in [1.165, 1.54) is 114 Å². The summed E-state index contributed by atoms with van der Waals surface area (Å²) in [6.07, 6.45) is 17.9. The standard InChI is InChI=1S/C21H45ClN.ClH/c1-4-7-10-14-19-23(18-13-9-6-3,21-16-12-17-22)20-15-11-8-5-2;/h4-21H2,1-3H3;1H/q+1;/p-1. The molecule has 0 amide bonds. The van der Waals surface area contributed by atoms with Gasteiger partial charge in [-0.25, -0.2) is 0 Å². The molecule has 0 radical (unpaired) electrons. The van der Waals surface area contributed by atoms with Crippen LogP contribution in [0, 0.1) is 0 Å². The Morgan fingerprint density at radius 3 is 1.21 bits per heavy atom. The fraction of sp³-hybridized carbons (Fsp3) is 1.00. The molecular weight excluding hydrogens is 337 g/mol. The van der Waals surface area contributed by atoms with Gasteiger partial charge in [0.15, 0.2) is 0 Å².